The smallest absolute Gasteiger partial charge is 0.280 e. The summed E-state index contributed by atoms with van der Waals surface area (Å²) in [5.74, 6) is 1.04. The number of nitrogens with zero attached hydrogens (tertiary/aromatic N) is 5. The van der Waals surface area contributed by atoms with Crippen molar-refractivity contribution < 1.29 is 4.52 Å². The molecule has 0 amide bonds. The minimum atomic E-state index is 0.286. The number of rotatable bonds is 5. The van der Waals surface area contributed by atoms with Crippen LogP contribution in [0.4, 0.5) is 0 Å². The highest BCUT2D eigenvalue weighted by Crippen LogP contribution is 2.16. The molecule has 0 spiro atoms. The number of hydrogen-bond donors (Lipinski definition) is 1. The molecule has 2 aromatic heterocycles. The third-order valence-corrected chi connectivity index (χ3v) is 3.43. The van der Waals surface area contributed by atoms with Gasteiger partial charge in [0.15, 0.2) is 11.5 Å². The third-order valence-electron chi connectivity index (χ3n) is 3.43. The van der Waals surface area contributed by atoms with E-state index in [0.29, 0.717) is 23.8 Å². The highest BCUT2D eigenvalue weighted by molar-refractivity contribution is 5.45. The van der Waals surface area contributed by atoms with Crippen LogP contribution in [0.25, 0.3) is 17.3 Å². The Labute approximate surface area is 128 Å². The summed E-state index contributed by atoms with van der Waals surface area (Å²) in [7, 11) is 1.90. The molecule has 0 saturated carbocycles. The van der Waals surface area contributed by atoms with Crippen molar-refractivity contribution in [2.24, 2.45) is 0 Å². The van der Waals surface area contributed by atoms with Crippen LogP contribution in [0.15, 0.2) is 35.0 Å². The van der Waals surface area contributed by atoms with Crippen LogP contribution in [0, 0.1) is 6.92 Å². The van der Waals surface area contributed by atoms with E-state index in [1.54, 1.807) is 10.9 Å². The van der Waals surface area contributed by atoms with E-state index in [1.165, 1.54) is 0 Å². The molecule has 1 unspecified atom stereocenters. The van der Waals surface area contributed by atoms with Gasteiger partial charge < -0.3 is 9.84 Å². The van der Waals surface area contributed by atoms with Crippen molar-refractivity contribution >= 4 is 0 Å². The Hall–Kier alpha value is -2.54. The SMILES string of the molecule is CNC(C)Cc1noc(-c2cn(-c3cccc(C)c3)nn2)n1. The molecule has 1 aromatic carbocycles. The highest BCUT2D eigenvalue weighted by Gasteiger charge is 2.14. The van der Waals surface area contributed by atoms with Gasteiger partial charge in [0.25, 0.3) is 5.89 Å². The molecular weight excluding hydrogens is 280 g/mol. The standard InChI is InChI=1S/C15H18N6O/c1-10-5-4-6-12(7-10)21-9-13(18-20-21)15-17-14(19-22-15)8-11(2)16-3/h4-7,9,11,16H,8H2,1-3H3. The highest BCUT2D eigenvalue weighted by atomic mass is 16.5. The Kier molecular flexibility index (Phi) is 3.97. The third kappa shape index (κ3) is 3.04. The first kappa shape index (κ1) is 14.4. The minimum Gasteiger partial charge on any atom is -0.332 e. The summed E-state index contributed by atoms with van der Waals surface area (Å²) in [6.07, 6.45) is 2.49. The van der Waals surface area contributed by atoms with Gasteiger partial charge in [0.05, 0.1) is 11.9 Å². The van der Waals surface area contributed by atoms with Crippen molar-refractivity contribution in [1.29, 1.82) is 0 Å². The van der Waals surface area contributed by atoms with Gasteiger partial charge in [0, 0.05) is 12.5 Å². The lowest BCUT2D eigenvalue weighted by atomic mass is 10.2. The molecule has 0 aliphatic heterocycles. The molecule has 7 heteroatoms. The van der Waals surface area contributed by atoms with Gasteiger partial charge in [-0.1, -0.05) is 22.5 Å². The number of likely N-dealkylation sites (N-methyl/N-ethyl adjacent to an activating group) is 1. The number of hydrogen-bond acceptors (Lipinski definition) is 6. The number of aromatic nitrogens is 5. The number of aryl methyl sites for hydroxylation is 1. The van der Waals surface area contributed by atoms with E-state index in [0.717, 1.165) is 11.3 Å². The molecule has 1 N–H and O–H groups in total. The second kappa shape index (κ2) is 6.07. The fourth-order valence-corrected chi connectivity index (χ4v) is 2.08. The Balaban J connectivity index is 1.82. The Morgan fingerprint density at radius 2 is 2.23 bits per heavy atom. The molecule has 22 heavy (non-hydrogen) atoms. The van der Waals surface area contributed by atoms with Crippen LogP contribution in [-0.4, -0.2) is 38.2 Å². The number of benzene rings is 1. The first-order valence-electron chi connectivity index (χ1n) is 7.15. The predicted molar refractivity (Wildman–Crippen MR) is 81.6 cm³/mol. The van der Waals surface area contributed by atoms with Crippen LogP contribution in [0.3, 0.4) is 0 Å². The summed E-state index contributed by atoms with van der Waals surface area (Å²) in [5, 5.41) is 15.3. The zero-order valence-electron chi connectivity index (χ0n) is 12.8. The van der Waals surface area contributed by atoms with E-state index >= 15 is 0 Å². The molecule has 0 aliphatic carbocycles. The van der Waals surface area contributed by atoms with Crippen molar-refractivity contribution in [1.82, 2.24) is 30.5 Å². The van der Waals surface area contributed by atoms with Gasteiger partial charge in [-0.2, -0.15) is 4.98 Å². The summed E-state index contributed by atoms with van der Waals surface area (Å²) in [6, 6.07) is 8.31. The lowest BCUT2D eigenvalue weighted by Crippen LogP contribution is -2.24. The Morgan fingerprint density at radius 1 is 1.36 bits per heavy atom. The normalized spacial score (nSPS) is 12.5. The van der Waals surface area contributed by atoms with Crippen LogP contribution in [0.1, 0.15) is 18.3 Å². The quantitative estimate of drug-likeness (QED) is 0.773. The summed E-state index contributed by atoms with van der Waals surface area (Å²) in [4.78, 5) is 4.36. The van der Waals surface area contributed by atoms with E-state index in [-0.39, 0.29) is 6.04 Å². The average molecular weight is 298 g/mol. The molecular formula is C15H18N6O. The maximum absolute atomic E-state index is 5.26. The van der Waals surface area contributed by atoms with Gasteiger partial charge >= 0.3 is 0 Å². The molecule has 114 valence electrons. The minimum absolute atomic E-state index is 0.286. The van der Waals surface area contributed by atoms with Gasteiger partial charge in [-0.3, -0.25) is 0 Å². The summed E-state index contributed by atoms with van der Waals surface area (Å²) < 4.78 is 6.96. The Morgan fingerprint density at radius 3 is 3.00 bits per heavy atom. The van der Waals surface area contributed by atoms with Gasteiger partial charge in [-0.05, 0) is 38.6 Å². The van der Waals surface area contributed by atoms with Gasteiger partial charge in [-0.25, -0.2) is 4.68 Å². The van der Waals surface area contributed by atoms with E-state index in [4.69, 9.17) is 4.52 Å². The van der Waals surface area contributed by atoms with Gasteiger partial charge in [-0.15, -0.1) is 5.10 Å². The first-order chi connectivity index (χ1) is 10.7. The largest absolute Gasteiger partial charge is 0.332 e. The monoisotopic (exact) mass is 298 g/mol. The molecule has 3 rings (SSSR count). The summed E-state index contributed by atoms with van der Waals surface area (Å²) in [5.41, 5.74) is 2.68. The zero-order valence-corrected chi connectivity index (χ0v) is 12.8. The molecule has 7 nitrogen and oxygen atoms in total. The average Bonchev–Trinajstić information content (AvgIpc) is 3.15. The molecule has 0 fully saturated rings. The molecule has 3 aromatic rings. The van der Waals surface area contributed by atoms with Crippen molar-refractivity contribution in [2.75, 3.05) is 7.05 Å². The van der Waals surface area contributed by atoms with Crippen LogP contribution in [0.5, 0.6) is 0 Å². The van der Waals surface area contributed by atoms with Gasteiger partial charge in [0.1, 0.15) is 0 Å². The lowest BCUT2D eigenvalue weighted by Gasteiger charge is -2.04. The topological polar surface area (TPSA) is 81.7 Å². The maximum Gasteiger partial charge on any atom is 0.280 e. The van der Waals surface area contributed by atoms with Gasteiger partial charge in [0.2, 0.25) is 0 Å². The fraction of sp³-hybridized carbons (Fsp3) is 0.333. The summed E-state index contributed by atoms with van der Waals surface area (Å²) >= 11 is 0. The van der Waals surface area contributed by atoms with E-state index < -0.39 is 0 Å². The number of nitrogens with one attached hydrogen (secondary N) is 1. The van der Waals surface area contributed by atoms with E-state index in [1.807, 2.05) is 38.2 Å². The van der Waals surface area contributed by atoms with Crippen molar-refractivity contribution in [3.63, 3.8) is 0 Å². The van der Waals surface area contributed by atoms with Crippen LogP contribution in [0.2, 0.25) is 0 Å². The molecule has 2 heterocycles. The van der Waals surface area contributed by atoms with Crippen LogP contribution >= 0.6 is 0 Å². The van der Waals surface area contributed by atoms with Crippen molar-refractivity contribution in [2.45, 2.75) is 26.3 Å². The molecule has 0 radical (unpaired) electrons. The van der Waals surface area contributed by atoms with Crippen LogP contribution < -0.4 is 5.32 Å². The first-order valence-corrected chi connectivity index (χ1v) is 7.15. The summed E-state index contributed by atoms with van der Waals surface area (Å²) in [6.45, 7) is 4.10. The second-order valence-corrected chi connectivity index (χ2v) is 5.30. The molecule has 0 bridgehead atoms. The van der Waals surface area contributed by atoms with E-state index in [2.05, 4.69) is 32.7 Å². The molecule has 0 aliphatic rings. The molecule has 1 atom stereocenters. The van der Waals surface area contributed by atoms with Crippen molar-refractivity contribution in [3.8, 4) is 17.3 Å². The lowest BCUT2D eigenvalue weighted by molar-refractivity contribution is 0.417. The van der Waals surface area contributed by atoms with E-state index in [9.17, 15) is 0 Å². The second-order valence-electron chi connectivity index (χ2n) is 5.30. The zero-order chi connectivity index (χ0) is 15.5. The predicted octanol–water partition coefficient (Wildman–Crippen LogP) is 1.78. The fourth-order valence-electron chi connectivity index (χ4n) is 2.08. The molecule has 0 saturated heterocycles. The van der Waals surface area contributed by atoms with Crippen LogP contribution in [-0.2, 0) is 6.42 Å². The maximum atomic E-state index is 5.26. The van der Waals surface area contributed by atoms with Crippen molar-refractivity contribution in [3.05, 3.63) is 41.9 Å². The Bertz CT molecular complexity index is 763.